The van der Waals surface area contributed by atoms with Crippen molar-refractivity contribution in [2.24, 2.45) is 0 Å². The Morgan fingerprint density at radius 1 is 1.33 bits per heavy atom. The van der Waals surface area contributed by atoms with Crippen LogP contribution in [0.15, 0.2) is 36.5 Å². The highest BCUT2D eigenvalue weighted by Gasteiger charge is 1.95. The molecular weight excluding hydrogens is 115 g/mol. The van der Waals surface area contributed by atoms with Crippen molar-refractivity contribution in [2.75, 3.05) is 0 Å². The molecule has 0 atom stereocenters. The first-order chi connectivity index (χ1) is 4.26. The molecule has 0 aromatic carbocycles. The van der Waals surface area contributed by atoms with Gasteiger partial charge < -0.3 is 10.1 Å². The molecule has 2 nitrogen and oxygen atoms in total. The Bertz CT molecular complexity index is 149. The van der Waals surface area contributed by atoms with Crippen LogP contribution in [-0.4, -0.2) is 17.6 Å². The maximum Gasteiger partial charge on any atom is 0.308 e. The van der Waals surface area contributed by atoms with E-state index in [1.807, 2.05) is 0 Å². The van der Waals surface area contributed by atoms with Crippen molar-refractivity contribution in [1.29, 1.82) is 0 Å². The molecule has 0 fully saturated rings. The smallest absolute Gasteiger partial charge is 0.308 e. The molecule has 0 heterocycles. The molecular formula is C6H9BO2. The molecule has 0 amide bonds. The van der Waals surface area contributed by atoms with Crippen molar-refractivity contribution in [2.45, 2.75) is 0 Å². The number of hydrogen-bond donors (Lipinski definition) is 2. The van der Waals surface area contributed by atoms with E-state index in [9.17, 15) is 0 Å². The van der Waals surface area contributed by atoms with Crippen LogP contribution < -0.4 is 0 Å². The lowest BCUT2D eigenvalue weighted by atomic mass is 9.87. The van der Waals surface area contributed by atoms with Crippen molar-refractivity contribution in [3.63, 3.8) is 0 Å². The lowest BCUT2D eigenvalue weighted by molar-refractivity contribution is 0.429. The topological polar surface area (TPSA) is 40.5 Å². The van der Waals surface area contributed by atoms with Crippen molar-refractivity contribution < 1.29 is 10.1 Å². The third kappa shape index (κ3) is 2.19. The van der Waals surface area contributed by atoms with Crippen LogP contribution in [0, 0.1) is 0 Å². The van der Waals surface area contributed by atoms with Gasteiger partial charge in [-0.15, -0.1) is 0 Å². The van der Waals surface area contributed by atoms with Gasteiger partial charge in [0.1, 0.15) is 5.76 Å². The van der Waals surface area contributed by atoms with E-state index in [0.717, 1.165) is 0 Å². The molecule has 9 heavy (non-hydrogen) atoms. The first-order valence-corrected chi connectivity index (χ1v) is 2.54. The molecule has 0 radical (unpaired) electrons. The quantitative estimate of drug-likeness (QED) is 0.326. The standard InChI is InChI=1S/C6H9BO2/c1-3-5(7-9)6(8)4-2/h3-4,7-9H,1-2H2/b6-5-. The largest absolute Gasteiger partial charge is 0.508 e. The van der Waals surface area contributed by atoms with Crippen LogP contribution in [-0.2, 0) is 0 Å². The fourth-order valence-electron chi connectivity index (χ4n) is 0.381. The van der Waals surface area contributed by atoms with Gasteiger partial charge in [0.2, 0.25) is 0 Å². The second-order valence-electron chi connectivity index (χ2n) is 1.48. The third-order valence-electron chi connectivity index (χ3n) is 0.939. The number of aliphatic hydroxyl groups is 1. The first-order valence-electron chi connectivity index (χ1n) is 2.54. The molecule has 0 saturated heterocycles. The monoisotopic (exact) mass is 124 g/mol. The van der Waals surface area contributed by atoms with E-state index in [1.54, 1.807) is 0 Å². The molecule has 0 rings (SSSR count). The maximum atomic E-state index is 8.85. The van der Waals surface area contributed by atoms with E-state index >= 15 is 0 Å². The van der Waals surface area contributed by atoms with Crippen LogP contribution in [0.1, 0.15) is 0 Å². The van der Waals surface area contributed by atoms with Crippen molar-refractivity contribution in [1.82, 2.24) is 0 Å². The maximum absolute atomic E-state index is 8.85. The van der Waals surface area contributed by atoms with Gasteiger partial charge in [0.05, 0.1) is 0 Å². The third-order valence-corrected chi connectivity index (χ3v) is 0.939. The molecule has 0 aliphatic heterocycles. The molecule has 48 valence electrons. The summed E-state index contributed by atoms with van der Waals surface area (Å²) in [6.07, 6.45) is 2.64. The zero-order valence-corrected chi connectivity index (χ0v) is 5.17. The van der Waals surface area contributed by atoms with Gasteiger partial charge in [-0.05, 0) is 11.5 Å². The Morgan fingerprint density at radius 3 is 2.00 bits per heavy atom. The predicted molar refractivity (Wildman–Crippen MR) is 39.4 cm³/mol. The Morgan fingerprint density at radius 2 is 1.89 bits per heavy atom. The van der Waals surface area contributed by atoms with Gasteiger partial charge in [0.25, 0.3) is 0 Å². The molecule has 0 unspecified atom stereocenters. The highest BCUT2D eigenvalue weighted by atomic mass is 16.3. The number of allylic oxidation sites excluding steroid dienone is 3. The van der Waals surface area contributed by atoms with Crippen LogP contribution in [0.25, 0.3) is 0 Å². The molecule has 2 N–H and O–H groups in total. The van der Waals surface area contributed by atoms with Gasteiger partial charge in [-0.2, -0.15) is 0 Å². The minimum absolute atomic E-state index is 0.0208. The van der Waals surface area contributed by atoms with Crippen molar-refractivity contribution >= 4 is 7.48 Å². The van der Waals surface area contributed by atoms with Crippen LogP contribution in [0.5, 0.6) is 0 Å². The summed E-state index contributed by atoms with van der Waals surface area (Å²) in [7, 11) is -0.207. The molecule has 0 spiro atoms. The van der Waals surface area contributed by atoms with Gasteiger partial charge in [-0.25, -0.2) is 0 Å². The average Bonchev–Trinajstić information content (AvgIpc) is 1.90. The van der Waals surface area contributed by atoms with E-state index in [2.05, 4.69) is 13.2 Å². The minimum atomic E-state index is -0.207. The average molecular weight is 124 g/mol. The molecule has 0 aromatic rings. The van der Waals surface area contributed by atoms with Crippen LogP contribution in [0.3, 0.4) is 0 Å². The second-order valence-corrected chi connectivity index (χ2v) is 1.48. The Balaban J connectivity index is 4.36. The van der Waals surface area contributed by atoms with E-state index in [-0.39, 0.29) is 13.2 Å². The van der Waals surface area contributed by atoms with Gasteiger partial charge in [-0.1, -0.05) is 19.2 Å². The summed E-state index contributed by atoms with van der Waals surface area (Å²) in [5, 5.41) is 17.3. The Kier molecular flexibility index (Phi) is 3.56. The molecule has 0 saturated carbocycles. The molecule has 3 heteroatoms. The lowest BCUT2D eigenvalue weighted by Gasteiger charge is -1.94. The van der Waals surface area contributed by atoms with Gasteiger partial charge >= 0.3 is 7.48 Å². The molecule has 0 bridgehead atoms. The summed E-state index contributed by atoms with van der Waals surface area (Å²) in [4.78, 5) is 0. The van der Waals surface area contributed by atoms with Crippen molar-refractivity contribution in [3.05, 3.63) is 36.5 Å². The molecule has 0 aromatic heterocycles. The Hall–Kier alpha value is -0.955. The van der Waals surface area contributed by atoms with Gasteiger partial charge in [0, 0.05) is 0 Å². The van der Waals surface area contributed by atoms with Crippen LogP contribution in [0.4, 0.5) is 0 Å². The van der Waals surface area contributed by atoms with Crippen molar-refractivity contribution in [3.8, 4) is 0 Å². The highest BCUT2D eigenvalue weighted by molar-refractivity contribution is 6.38. The number of hydrogen-bond acceptors (Lipinski definition) is 2. The summed E-state index contributed by atoms with van der Waals surface area (Å²) in [6, 6.07) is 0. The Labute approximate surface area is 55.1 Å². The summed E-state index contributed by atoms with van der Waals surface area (Å²) in [5.74, 6) is -0.0208. The van der Waals surface area contributed by atoms with E-state index in [0.29, 0.717) is 5.47 Å². The zero-order chi connectivity index (χ0) is 7.28. The fourth-order valence-corrected chi connectivity index (χ4v) is 0.381. The van der Waals surface area contributed by atoms with Crippen LogP contribution in [0.2, 0.25) is 0 Å². The second kappa shape index (κ2) is 3.98. The summed E-state index contributed by atoms with van der Waals surface area (Å²) < 4.78 is 0. The highest BCUT2D eigenvalue weighted by Crippen LogP contribution is 1.99. The normalized spacial score (nSPS) is 11.7. The lowest BCUT2D eigenvalue weighted by Crippen LogP contribution is -1.94. The number of rotatable bonds is 3. The molecule has 0 aliphatic rings. The summed E-state index contributed by atoms with van der Waals surface area (Å²) in [6.45, 7) is 6.69. The molecule has 0 aliphatic carbocycles. The van der Waals surface area contributed by atoms with E-state index in [4.69, 9.17) is 10.1 Å². The SMILES string of the molecule is C=C/C(O)=C(/BO)C=C. The van der Waals surface area contributed by atoms with Gasteiger partial charge in [0.15, 0.2) is 0 Å². The first kappa shape index (κ1) is 8.04. The van der Waals surface area contributed by atoms with Gasteiger partial charge in [-0.3, -0.25) is 0 Å². The zero-order valence-electron chi connectivity index (χ0n) is 5.17. The van der Waals surface area contributed by atoms with E-state index < -0.39 is 0 Å². The van der Waals surface area contributed by atoms with Crippen LogP contribution >= 0.6 is 0 Å². The minimum Gasteiger partial charge on any atom is -0.508 e. The predicted octanol–water partition coefficient (Wildman–Crippen LogP) is 0.472. The van der Waals surface area contributed by atoms with E-state index in [1.165, 1.54) is 12.2 Å². The summed E-state index contributed by atoms with van der Waals surface area (Å²) in [5.41, 5.74) is 0.394. The number of aliphatic hydroxyl groups excluding tert-OH is 1. The summed E-state index contributed by atoms with van der Waals surface area (Å²) >= 11 is 0. The fraction of sp³-hybridized carbons (Fsp3) is 0.